The van der Waals surface area contributed by atoms with Crippen LogP contribution >= 0.6 is 0 Å². The smallest absolute Gasteiger partial charge is 0.00886 e. The summed E-state index contributed by atoms with van der Waals surface area (Å²) in [5, 5.41) is 0. The van der Waals surface area contributed by atoms with Crippen molar-refractivity contribution in [2.45, 2.75) is 20.3 Å². The van der Waals surface area contributed by atoms with E-state index in [-0.39, 0.29) is 0 Å². The van der Waals surface area contributed by atoms with Crippen molar-refractivity contribution in [3.05, 3.63) is 59.8 Å². The third-order valence-corrected chi connectivity index (χ3v) is 2.25. The fourth-order valence-corrected chi connectivity index (χ4v) is 1.16. The topological polar surface area (TPSA) is 0 Å². The number of rotatable bonds is 3. The van der Waals surface area contributed by atoms with Crippen LogP contribution in [0, 0.1) is 0 Å². The van der Waals surface area contributed by atoms with Gasteiger partial charge in [-0.25, -0.2) is 0 Å². The molecular weight excluding hydrogens is 156 g/mol. The van der Waals surface area contributed by atoms with Crippen molar-refractivity contribution < 1.29 is 0 Å². The molecule has 0 heteroatoms. The zero-order chi connectivity index (χ0) is 9.84. The Balaban J connectivity index is 2.70. The molecular formula is C13H16. The van der Waals surface area contributed by atoms with Crippen molar-refractivity contribution in [2.24, 2.45) is 0 Å². The van der Waals surface area contributed by atoms with Gasteiger partial charge < -0.3 is 0 Å². The summed E-state index contributed by atoms with van der Waals surface area (Å²) in [5.41, 5.74) is 4.72. The van der Waals surface area contributed by atoms with Gasteiger partial charge in [0.25, 0.3) is 0 Å². The van der Waals surface area contributed by atoms with E-state index in [1.54, 1.807) is 0 Å². The molecule has 0 N–H and O–H groups in total. The van der Waals surface area contributed by atoms with Gasteiger partial charge in [-0.05, 0) is 37.0 Å². The molecule has 0 aliphatic heterocycles. The van der Waals surface area contributed by atoms with Crippen LogP contribution in [0.1, 0.15) is 20.3 Å². The fourth-order valence-electron chi connectivity index (χ4n) is 1.16. The van der Waals surface area contributed by atoms with Gasteiger partial charge in [0.2, 0.25) is 0 Å². The molecule has 1 rings (SSSR count). The van der Waals surface area contributed by atoms with Gasteiger partial charge in [-0.15, -0.1) is 0 Å². The van der Waals surface area contributed by atoms with Crippen molar-refractivity contribution in [3.63, 3.8) is 0 Å². The van der Waals surface area contributed by atoms with Crippen molar-refractivity contribution >= 4 is 0 Å². The molecule has 0 atom stereocenters. The van der Waals surface area contributed by atoms with Crippen LogP contribution in [0.25, 0.3) is 0 Å². The number of allylic oxidation sites excluding steroid dienone is 8. The maximum absolute atomic E-state index is 4.03. The first-order chi connectivity index (χ1) is 6.11. The lowest BCUT2D eigenvalue weighted by molar-refractivity contribution is 1.27. The highest BCUT2D eigenvalue weighted by molar-refractivity contribution is 5.47. The zero-order valence-electron chi connectivity index (χ0n) is 8.43. The lowest BCUT2D eigenvalue weighted by Gasteiger charge is -2.03. The molecule has 0 saturated carbocycles. The molecule has 0 nitrogen and oxygen atoms in total. The minimum atomic E-state index is 1.01. The lowest BCUT2D eigenvalue weighted by Crippen LogP contribution is -1.84. The van der Waals surface area contributed by atoms with E-state index in [2.05, 4.69) is 44.4 Å². The van der Waals surface area contributed by atoms with Gasteiger partial charge in [0, 0.05) is 0 Å². The molecule has 0 heterocycles. The quantitative estimate of drug-likeness (QED) is 0.565. The van der Waals surface area contributed by atoms with Crippen molar-refractivity contribution in [1.82, 2.24) is 0 Å². The molecule has 0 fully saturated rings. The molecule has 13 heavy (non-hydrogen) atoms. The molecule has 0 aromatic heterocycles. The molecule has 1 aliphatic carbocycles. The highest BCUT2D eigenvalue weighted by Gasteiger charge is 2.01. The summed E-state index contributed by atoms with van der Waals surface area (Å²) in [6.45, 7) is 12.0. The zero-order valence-corrected chi connectivity index (χ0v) is 8.43. The Hall–Kier alpha value is -1.30. The number of hydrogen-bond donors (Lipinski definition) is 0. The van der Waals surface area contributed by atoms with Crippen LogP contribution in [0.2, 0.25) is 0 Å². The van der Waals surface area contributed by atoms with Gasteiger partial charge in [-0.1, -0.05) is 43.0 Å². The van der Waals surface area contributed by atoms with Crippen LogP contribution in [0.5, 0.6) is 0 Å². The van der Waals surface area contributed by atoms with Gasteiger partial charge >= 0.3 is 0 Å². The minimum absolute atomic E-state index is 1.01. The predicted octanol–water partition coefficient (Wildman–Crippen LogP) is 3.95. The van der Waals surface area contributed by atoms with E-state index in [1.807, 2.05) is 6.92 Å². The highest BCUT2D eigenvalue weighted by atomic mass is 14.1. The van der Waals surface area contributed by atoms with Crippen molar-refractivity contribution in [2.75, 3.05) is 0 Å². The standard InChI is InChI=1S/C13H16/c1-10(2)11(3)9-12(4)13-7-5-6-8-13/h5-7,9H,1,4,8H2,2-3H3/b11-9-. The predicted molar refractivity (Wildman–Crippen MR) is 59.6 cm³/mol. The average Bonchev–Trinajstić information content (AvgIpc) is 2.55. The van der Waals surface area contributed by atoms with E-state index < -0.39 is 0 Å². The van der Waals surface area contributed by atoms with Crippen LogP contribution in [0.4, 0.5) is 0 Å². The molecule has 0 unspecified atom stereocenters. The van der Waals surface area contributed by atoms with Crippen LogP contribution in [-0.4, -0.2) is 0 Å². The Morgan fingerprint density at radius 1 is 1.38 bits per heavy atom. The second kappa shape index (κ2) is 4.08. The van der Waals surface area contributed by atoms with Gasteiger partial charge in [0.1, 0.15) is 0 Å². The summed E-state index contributed by atoms with van der Waals surface area (Å²) in [7, 11) is 0. The molecule has 0 amide bonds. The SMILES string of the molecule is C=C(/C=C(/C)C(=C)C)C1=CC=CC1. The maximum atomic E-state index is 4.03. The second-order valence-electron chi connectivity index (χ2n) is 3.46. The Labute approximate surface area is 80.7 Å². The van der Waals surface area contributed by atoms with Gasteiger partial charge in [-0.3, -0.25) is 0 Å². The maximum Gasteiger partial charge on any atom is -0.00886 e. The third-order valence-electron chi connectivity index (χ3n) is 2.25. The minimum Gasteiger partial charge on any atom is -0.0958 e. The van der Waals surface area contributed by atoms with E-state index in [1.165, 1.54) is 11.1 Å². The molecule has 0 bridgehead atoms. The van der Waals surface area contributed by atoms with Gasteiger partial charge in [0.05, 0.1) is 0 Å². The molecule has 0 spiro atoms. The highest BCUT2D eigenvalue weighted by Crippen LogP contribution is 2.21. The van der Waals surface area contributed by atoms with Crippen molar-refractivity contribution in [1.29, 1.82) is 0 Å². The fraction of sp³-hybridized carbons (Fsp3) is 0.231. The first-order valence-corrected chi connectivity index (χ1v) is 4.50. The summed E-state index contributed by atoms with van der Waals surface area (Å²) >= 11 is 0. The summed E-state index contributed by atoms with van der Waals surface area (Å²) in [6.07, 6.45) is 9.44. The van der Waals surface area contributed by atoms with E-state index in [0.29, 0.717) is 0 Å². The summed E-state index contributed by atoms with van der Waals surface area (Å²) < 4.78 is 0. The Kier molecular flexibility index (Phi) is 3.07. The molecule has 0 saturated heterocycles. The Morgan fingerprint density at radius 2 is 2.08 bits per heavy atom. The molecule has 0 aromatic rings. The van der Waals surface area contributed by atoms with E-state index in [9.17, 15) is 0 Å². The molecule has 68 valence electrons. The first kappa shape index (κ1) is 9.79. The lowest BCUT2D eigenvalue weighted by atomic mass is 10.0. The van der Waals surface area contributed by atoms with E-state index >= 15 is 0 Å². The van der Waals surface area contributed by atoms with Gasteiger partial charge in [0.15, 0.2) is 0 Å². The van der Waals surface area contributed by atoms with Crippen LogP contribution in [-0.2, 0) is 0 Å². The third kappa shape index (κ3) is 2.59. The molecule has 1 aliphatic rings. The summed E-state index contributed by atoms with van der Waals surface area (Å²) in [4.78, 5) is 0. The summed E-state index contributed by atoms with van der Waals surface area (Å²) in [5.74, 6) is 0. The Bertz CT molecular complexity index is 322. The summed E-state index contributed by atoms with van der Waals surface area (Å²) in [6, 6.07) is 0. The normalized spacial score (nSPS) is 15.8. The van der Waals surface area contributed by atoms with Crippen LogP contribution in [0.15, 0.2) is 59.8 Å². The van der Waals surface area contributed by atoms with E-state index in [0.717, 1.165) is 17.6 Å². The monoisotopic (exact) mass is 172 g/mol. The molecule has 0 aromatic carbocycles. The largest absolute Gasteiger partial charge is 0.0958 e. The first-order valence-electron chi connectivity index (χ1n) is 4.50. The number of hydrogen-bond acceptors (Lipinski definition) is 0. The van der Waals surface area contributed by atoms with Crippen LogP contribution in [0.3, 0.4) is 0 Å². The molecule has 0 radical (unpaired) electrons. The average molecular weight is 172 g/mol. The van der Waals surface area contributed by atoms with E-state index in [4.69, 9.17) is 0 Å². The Morgan fingerprint density at radius 3 is 2.54 bits per heavy atom. The van der Waals surface area contributed by atoms with Crippen LogP contribution < -0.4 is 0 Å². The van der Waals surface area contributed by atoms with Crippen molar-refractivity contribution in [3.8, 4) is 0 Å². The van der Waals surface area contributed by atoms with Gasteiger partial charge in [-0.2, -0.15) is 0 Å². The second-order valence-corrected chi connectivity index (χ2v) is 3.46.